The van der Waals surface area contributed by atoms with Crippen LogP contribution in [0.3, 0.4) is 0 Å². The third kappa shape index (κ3) is 7.37. The maximum atomic E-state index is 12.4. The number of nitrogens with zero attached hydrogens (tertiary/aromatic N) is 2. The van der Waals surface area contributed by atoms with Gasteiger partial charge in [-0.05, 0) is 18.9 Å². The Morgan fingerprint density at radius 3 is 2.93 bits per heavy atom. The van der Waals surface area contributed by atoms with Crippen molar-refractivity contribution in [2.45, 2.75) is 36.2 Å². The Morgan fingerprint density at radius 1 is 1.34 bits per heavy atom. The number of thioether (sulfide) groups is 1. The second-order valence-corrected chi connectivity index (χ2v) is 8.31. The number of rotatable bonds is 9. The van der Waals surface area contributed by atoms with E-state index in [-0.39, 0.29) is 35.6 Å². The van der Waals surface area contributed by atoms with Crippen LogP contribution in [0.4, 0.5) is 18.3 Å². The molecule has 1 amide bonds. The molecule has 1 saturated heterocycles. The molecule has 2 N–H and O–H groups in total. The number of amides is 1. The van der Waals surface area contributed by atoms with E-state index in [9.17, 15) is 18.0 Å². The number of para-hydroxylation sites is 1. The SMILES string of the molecule is O=C(CSc1nnc(NCC2CCCO2)s1)NCc1ccccc1OC(F)(F)F. The highest BCUT2D eigenvalue weighted by atomic mass is 32.2. The maximum Gasteiger partial charge on any atom is 0.573 e. The second kappa shape index (κ2) is 10.1. The molecule has 1 aliphatic heterocycles. The molecular weight excluding hydrogens is 429 g/mol. The number of carbonyl (C=O) groups is 1. The largest absolute Gasteiger partial charge is 0.573 e. The van der Waals surface area contributed by atoms with Crippen molar-refractivity contribution in [2.24, 2.45) is 0 Å². The van der Waals surface area contributed by atoms with E-state index in [0.717, 1.165) is 19.4 Å². The third-order valence-electron chi connectivity index (χ3n) is 3.91. The molecule has 0 radical (unpaired) electrons. The van der Waals surface area contributed by atoms with Gasteiger partial charge in [0.05, 0.1) is 11.9 Å². The highest BCUT2D eigenvalue weighted by Gasteiger charge is 2.32. The summed E-state index contributed by atoms with van der Waals surface area (Å²) in [6.07, 6.45) is -2.52. The fourth-order valence-electron chi connectivity index (χ4n) is 2.59. The van der Waals surface area contributed by atoms with Gasteiger partial charge in [-0.2, -0.15) is 0 Å². The van der Waals surface area contributed by atoms with Crippen molar-refractivity contribution in [3.05, 3.63) is 29.8 Å². The Labute approximate surface area is 173 Å². The average Bonchev–Trinajstić information content (AvgIpc) is 3.34. The van der Waals surface area contributed by atoms with E-state index in [1.54, 1.807) is 6.07 Å². The van der Waals surface area contributed by atoms with Crippen molar-refractivity contribution < 1.29 is 27.4 Å². The lowest BCUT2D eigenvalue weighted by molar-refractivity contribution is -0.274. The van der Waals surface area contributed by atoms with Crippen molar-refractivity contribution >= 4 is 34.1 Å². The van der Waals surface area contributed by atoms with Crippen LogP contribution in [0.15, 0.2) is 28.6 Å². The molecule has 1 fully saturated rings. The first-order valence-electron chi connectivity index (χ1n) is 8.81. The number of hydrogen-bond acceptors (Lipinski definition) is 8. The molecule has 0 spiro atoms. The van der Waals surface area contributed by atoms with Gasteiger partial charge in [0.1, 0.15) is 5.75 Å². The second-order valence-electron chi connectivity index (χ2n) is 6.11. The van der Waals surface area contributed by atoms with Gasteiger partial charge in [-0.1, -0.05) is 41.3 Å². The minimum absolute atomic E-state index is 0.0721. The minimum atomic E-state index is -4.79. The quantitative estimate of drug-likeness (QED) is 0.569. The topological polar surface area (TPSA) is 85.4 Å². The van der Waals surface area contributed by atoms with Gasteiger partial charge in [0, 0.05) is 25.3 Å². The first kappa shape index (κ1) is 21.7. The van der Waals surface area contributed by atoms with E-state index < -0.39 is 6.36 Å². The summed E-state index contributed by atoms with van der Waals surface area (Å²) in [7, 11) is 0. The van der Waals surface area contributed by atoms with E-state index in [1.807, 2.05) is 0 Å². The van der Waals surface area contributed by atoms with Crippen molar-refractivity contribution in [3.63, 3.8) is 0 Å². The normalized spacial score (nSPS) is 16.6. The summed E-state index contributed by atoms with van der Waals surface area (Å²) in [6.45, 7) is 1.38. The van der Waals surface area contributed by atoms with Gasteiger partial charge in [-0.3, -0.25) is 4.79 Å². The molecule has 29 heavy (non-hydrogen) atoms. The zero-order chi connectivity index (χ0) is 20.7. The van der Waals surface area contributed by atoms with E-state index in [1.165, 1.54) is 41.3 Å². The Hall–Kier alpha value is -2.05. The monoisotopic (exact) mass is 448 g/mol. The molecule has 7 nitrogen and oxygen atoms in total. The van der Waals surface area contributed by atoms with Crippen LogP contribution >= 0.6 is 23.1 Å². The van der Waals surface area contributed by atoms with E-state index in [2.05, 4.69) is 25.6 Å². The van der Waals surface area contributed by atoms with Gasteiger partial charge in [0.2, 0.25) is 11.0 Å². The Kier molecular flexibility index (Phi) is 7.56. The number of halogens is 3. The molecule has 2 aromatic rings. The van der Waals surface area contributed by atoms with Crippen LogP contribution < -0.4 is 15.4 Å². The molecule has 1 unspecified atom stereocenters. The van der Waals surface area contributed by atoms with Crippen LogP contribution in [0.1, 0.15) is 18.4 Å². The zero-order valence-electron chi connectivity index (χ0n) is 15.2. The molecule has 12 heteroatoms. The van der Waals surface area contributed by atoms with Crippen molar-refractivity contribution in [2.75, 3.05) is 24.2 Å². The number of benzene rings is 1. The molecule has 2 heterocycles. The number of hydrogen-bond donors (Lipinski definition) is 2. The van der Waals surface area contributed by atoms with Gasteiger partial charge in [-0.15, -0.1) is 23.4 Å². The Bertz CT molecular complexity index is 813. The Balaban J connectivity index is 1.41. The summed E-state index contributed by atoms with van der Waals surface area (Å²) in [5, 5.41) is 14.4. The molecule has 3 rings (SSSR count). The van der Waals surface area contributed by atoms with Gasteiger partial charge in [-0.25, -0.2) is 0 Å². The molecule has 158 valence electrons. The fourth-order valence-corrected chi connectivity index (χ4v) is 4.18. The maximum absolute atomic E-state index is 12.4. The fraction of sp³-hybridized carbons (Fsp3) is 0.471. The first-order chi connectivity index (χ1) is 13.9. The van der Waals surface area contributed by atoms with Crippen LogP contribution in [0, 0.1) is 0 Å². The number of aromatic nitrogens is 2. The van der Waals surface area contributed by atoms with Gasteiger partial charge in [0.25, 0.3) is 0 Å². The lowest BCUT2D eigenvalue weighted by atomic mass is 10.2. The third-order valence-corrected chi connectivity index (χ3v) is 5.93. The standard InChI is InChI=1S/C17H19F3N4O3S2/c18-17(19,20)27-13-6-2-1-4-11(13)8-21-14(25)10-28-16-24-23-15(29-16)22-9-12-5-3-7-26-12/h1-2,4,6,12H,3,5,7-10H2,(H,21,25)(H,22,23). The van der Waals surface area contributed by atoms with E-state index >= 15 is 0 Å². The molecule has 1 aromatic carbocycles. The summed E-state index contributed by atoms with van der Waals surface area (Å²) in [5.74, 6) is -0.595. The van der Waals surface area contributed by atoms with Crippen LogP contribution in [-0.2, 0) is 16.1 Å². The number of anilines is 1. The Morgan fingerprint density at radius 2 is 2.17 bits per heavy atom. The van der Waals surface area contributed by atoms with Gasteiger partial charge in [0.15, 0.2) is 4.34 Å². The molecule has 1 atom stereocenters. The van der Waals surface area contributed by atoms with E-state index in [4.69, 9.17) is 4.74 Å². The van der Waals surface area contributed by atoms with Crippen molar-refractivity contribution in [3.8, 4) is 5.75 Å². The molecule has 0 saturated carbocycles. The summed E-state index contributed by atoms with van der Waals surface area (Å²) in [6, 6.07) is 5.68. The highest BCUT2D eigenvalue weighted by Crippen LogP contribution is 2.27. The predicted molar refractivity (Wildman–Crippen MR) is 103 cm³/mol. The molecule has 0 aliphatic carbocycles. The van der Waals surface area contributed by atoms with Crippen LogP contribution in [0.5, 0.6) is 5.75 Å². The van der Waals surface area contributed by atoms with E-state index in [0.29, 0.717) is 16.0 Å². The minimum Gasteiger partial charge on any atom is -0.405 e. The van der Waals surface area contributed by atoms with Gasteiger partial charge >= 0.3 is 6.36 Å². The first-order valence-corrected chi connectivity index (χ1v) is 10.6. The molecule has 1 aromatic heterocycles. The molecule has 1 aliphatic rings. The summed E-state index contributed by atoms with van der Waals surface area (Å²) in [4.78, 5) is 12.0. The summed E-state index contributed by atoms with van der Waals surface area (Å²) in [5.41, 5.74) is 0.236. The lowest BCUT2D eigenvalue weighted by Gasteiger charge is -2.13. The van der Waals surface area contributed by atoms with Crippen LogP contribution in [-0.4, -0.2) is 47.5 Å². The summed E-state index contributed by atoms with van der Waals surface area (Å²) < 4.78 is 47.4. The predicted octanol–water partition coefficient (Wildman–Crippen LogP) is 3.44. The average molecular weight is 448 g/mol. The number of carbonyl (C=O) groups excluding carboxylic acids is 1. The molecular formula is C17H19F3N4O3S2. The number of alkyl halides is 3. The number of nitrogens with one attached hydrogen (secondary N) is 2. The highest BCUT2D eigenvalue weighted by molar-refractivity contribution is 8.01. The zero-order valence-corrected chi connectivity index (χ0v) is 16.8. The van der Waals surface area contributed by atoms with Crippen molar-refractivity contribution in [1.82, 2.24) is 15.5 Å². The van der Waals surface area contributed by atoms with Crippen LogP contribution in [0.25, 0.3) is 0 Å². The summed E-state index contributed by atoms with van der Waals surface area (Å²) >= 11 is 2.54. The smallest absolute Gasteiger partial charge is 0.405 e. The van der Waals surface area contributed by atoms with Gasteiger partial charge < -0.3 is 20.1 Å². The van der Waals surface area contributed by atoms with Crippen LogP contribution in [0.2, 0.25) is 0 Å². The van der Waals surface area contributed by atoms with Crippen molar-refractivity contribution in [1.29, 1.82) is 0 Å². The lowest BCUT2D eigenvalue weighted by Crippen LogP contribution is -2.25. The molecule has 0 bridgehead atoms. The number of ether oxygens (including phenoxy) is 2.